The number of esters is 1. The lowest BCUT2D eigenvalue weighted by Gasteiger charge is -2.22. The highest BCUT2D eigenvalue weighted by atomic mass is 16.6. The molecule has 6 heteroatoms. The van der Waals surface area contributed by atoms with Gasteiger partial charge in [-0.15, -0.1) is 0 Å². The van der Waals surface area contributed by atoms with E-state index in [0.29, 0.717) is 32.5 Å². The number of piperidine rings is 1. The number of hydrogen-bond acceptors (Lipinski definition) is 6. The Balaban J connectivity index is 1.79. The summed E-state index contributed by atoms with van der Waals surface area (Å²) < 4.78 is 20.5. The molecule has 0 aromatic carbocycles. The van der Waals surface area contributed by atoms with Crippen molar-refractivity contribution in [3.63, 3.8) is 0 Å². The summed E-state index contributed by atoms with van der Waals surface area (Å²) in [7, 11) is 1.33. The summed E-state index contributed by atoms with van der Waals surface area (Å²) in [5.74, 6) is -0.371. The molecule has 1 rings (SSSR count). The maximum atomic E-state index is 10.7. The Hall–Kier alpha value is -0.690. The van der Waals surface area contributed by atoms with Gasteiger partial charge in [0.05, 0.1) is 39.6 Å². The molecule has 0 aromatic heterocycles. The smallest absolute Gasteiger partial charge is 0.331 e. The lowest BCUT2D eigenvalue weighted by atomic mass is 10.1. The lowest BCUT2D eigenvalue weighted by Crippen LogP contribution is -2.33. The average Bonchev–Trinajstić information content (AvgIpc) is 2.42. The summed E-state index contributed by atoms with van der Waals surface area (Å²) in [4.78, 5) is 10.7. The highest BCUT2D eigenvalue weighted by molar-refractivity contribution is 5.70. The van der Waals surface area contributed by atoms with E-state index in [4.69, 9.17) is 14.2 Å². The van der Waals surface area contributed by atoms with Crippen LogP contribution in [0.15, 0.2) is 0 Å². The first-order valence-corrected chi connectivity index (χ1v) is 6.37. The average molecular weight is 261 g/mol. The quantitative estimate of drug-likeness (QED) is 0.464. The topological polar surface area (TPSA) is 66.0 Å². The first kappa shape index (κ1) is 15.4. The molecule has 106 valence electrons. The summed E-state index contributed by atoms with van der Waals surface area (Å²) in [6, 6.07) is 0. The summed E-state index contributed by atoms with van der Waals surface area (Å²) in [6.07, 6.45) is 2.51. The number of ether oxygens (including phenoxy) is 4. The molecule has 18 heavy (non-hydrogen) atoms. The number of hydrogen-bond donors (Lipinski definition) is 1. The second kappa shape index (κ2) is 10.3. The molecule has 1 N–H and O–H groups in total. The van der Waals surface area contributed by atoms with E-state index in [1.165, 1.54) is 7.11 Å². The molecule has 0 amide bonds. The molecule has 1 fully saturated rings. The zero-order valence-electron chi connectivity index (χ0n) is 11.0. The van der Waals surface area contributed by atoms with E-state index >= 15 is 0 Å². The van der Waals surface area contributed by atoms with E-state index in [1.54, 1.807) is 0 Å². The van der Waals surface area contributed by atoms with Crippen LogP contribution in [0.4, 0.5) is 0 Å². The van der Waals surface area contributed by atoms with Crippen LogP contribution in [0.3, 0.4) is 0 Å². The van der Waals surface area contributed by atoms with Crippen LogP contribution in [0.5, 0.6) is 0 Å². The minimum absolute atomic E-state index is 0.0224. The zero-order chi connectivity index (χ0) is 13.1. The van der Waals surface area contributed by atoms with Crippen LogP contribution in [0.2, 0.25) is 0 Å². The highest BCUT2D eigenvalue weighted by Gasteiger charge is 2.12. The van der Waals surface area contributed by atoms with E-state index < -0.39 is 0 Å². The molecule has 1 saturated heterocycles. The fourth-order valence-corrected chi connectivity index (χ4v) is 1.67. The van der Waals surface area contributed by atoms with Crippen LogP contribution in [0.25, 0.3) is 0 Å². The van der Waals surface area contributed by atoms with Crippen LogP contribution in [-0.4, -0.2) is 65.3 Å². The number of carbonyl (C=O) groups is 1. The molecule has 6 nitrogen and oxygen atoms in total. The Morgan fingerprint density at radius 2 is 1.78 bits per heavy atom. The van der Waals surface area contributed by atoms with E-state index in [0.717, 1.165) is 25.9 Å². The third kappa shape index (κ3) is 7.60. The Morgan fingerprint density at radius 1 is 1.11 bits per heavy atom. The molecule has 0 aliphatic carbocycles. The SMILES string of the molecule is COC(=O)COCCOCCOC1CCNCC1. The second-order valence-electron chi connectivity index (χ2n) is 4.06. The molecule has 0 aromatic rings. The maximum absolute atomic E-state index is 10.7. The Bertz CT molecular complexity index is 219. The van der Waals surface area contributed by atoms with E-state index in [9.17, 15) is 4.79 Å². The molecular weight excluding hydrogens is 238 g/mol. The highest BCUT2D eigenvalue weighted by Crippen LogP contribution is 2.06. The number of carbonyl (C=O) groups excluding carboxylic acids is 1. The number of methoxy groups -OCH3 is 1. The Labute approximate surface area is 108 Å². The van der Waals surface area contributed by atoms with Crippen LogP contribution in [0.1, 0.15) is 12.8 Å². The van der Waals surface area contributed by atoms with Crippen molar-refractivity contribution in [2.24, 2.45) is 0 Å². The van der Waals surface area contributed by atoms with Gasteiger partial charge >= 0.3 is 5.97 Å². The standard InChI is InChI=1S/C12H23NO5/c1-15-12(14)10-17-7-6-16-8-9-18-11-2-4-13-5-3-11/h11,13H,2-10H2,1H3. The van der Waals surface area contributed by atoms with Gasteiger partial charge in [0.25, 0.3) is 0 Å². The van der Waals surface area contributed by atoms with Crippen molar-refractivity contribution >= 4 is 5.97 Å². The first-order chi connectivity index (χ1) is 8.83. The molecule has 0 saturated carbocycles. The van der Waals surface area contributed by atoms with E-state index in [2.05, 4.69) is 10.1 Å². The van der Waals surface area contributed by atoms with Crippen molar-refractivity contribution in [1.29, 1.82) is 0 Å². The van der Waals surface area contributed by atoms with Gasteiger partial charge in [-0.05, 0) is 25.9 Å². The minimum Gasteiger partial charge on any atom is -0.467 e. The molecule has 0 unspecified atom stereocenters. The molecular formula is C12H23NO5. The van der Waals surface area contributed by atoms with Gasteiger partial charge in [-0.1, -0.05) is 0 Å². The van der Waals surface area contributed by atoms with Crippen molar-refractivity contribution in [3.8, 4) is 0 Å². The van der Waals surface area contributed by atoms with Crippen molar-refractivity contribution < 1.29 is 23.7 Å². The van der Waals surface area contributed by atoms with Crippen molar-refractivity contribution in [2.45, 2.75) is 18.9 Å². The molecule has 1 aliphatic heterocycles. The monoisotopic (exact) mass is 261 g/mol. The summed E-state index contributed by atoms with van der Waals surface area (Å²) >= 11 is 0. The molecule has 0 radical (unpaired) electrons. The molecule has 0 spiro atoms. The van der Waals surface area contributed by atoms with Gasteiger partial charge in [0.2, 0.25) is 0 Å². The fraction of sp³-hybridized carbons (Fsp3) is 0.917. The van der Waals surface area contributed by atoms with Gasteiger partial charge in [-0.25, -0.2) is 4.79 Å². The van der Waals surface area contributed by atoms with Crippen LogP contribution < -0.4 is 5.32 Å². The van der Waals surface area contributed by atoms with Gasteiger partial charge in [-0.3, -0.25) is 0 Å². The van der Waals surface area contributed by atoms with Crippen LogP contribution in [0, 0.1) is 0 Å². The lowest BCUT2D eigenvalue weighted by molar-refractivity contribution is -0.146. The van der Waals surface area contributed by atoms with Crippen LogP contribution >= 0.6 is 0 Å². The van der Waals surface area contributed by atoms with Gasteiger partial charge in [0.15, 0.2) is 0 Å². The van der Waals surface area contributed by atoms with Crippen molar-refractivity contribution in [3.05, 3.63) is 0 Å². The summed E-state index contributed by atoms with van der Waals surface area (Å²) in [5.41, 5.74) is 0. The normalized spacial score (nSPS) is 16.7. The van der Waals surface area contributed by atoms with E-state index in [1.807, 2.05) is 0 Å². The Kier molecular flexibility index (Phi) is 8.75. The van der Waals surface area contributed by atoms with Gasteiger partial charge < -0.3 is 24.3 Å². The Morgan fingerprint density at radius 3 is 2.50 bits per heavy atom. The van der Waals surface area contributed by atoms with Gasteiger partial charge in [0.1, 0.15) is 6.61 Å². The molecule has 1 heterocycles. The van der Waals surface area contributed by atoms with Crippen LogP contribution in [-0.2, 0) is 23.7 Å². The first-order valence-electron chi connectivity index (χ1n) is 6.37. The third-order valence-corrected chi connectivity index (χ3v) is 2.69. The number of rotatable bonds is 9. The number of nitrogens with one attached hydrogen (secondary N) is 1. The fourth-order valence-electron chi connectivity index (χ4n) is 1.67. The van der Waals surface area contributed by atoms with Gasteiger partial charge in [0, 0.05) is 0 Å². The second-order valence-corrected chi connectivity index (χ2v) is 4.06. The molecule has 1 aliphatic rings. The molecule has 0 bridgehead atoms. The van der Waals surface area contributed by atoms with Gasteiger partial charge in [-0.2, -0.15) is 0 Å². The molecule has 0 atom stereocenters. The summed E-state index contributed by atoms with van der Waals surface area (Å²) in [5, 5.41) is 3.29. The summed E-state index contributed by atoms with van der Waals surface area (Å²) in [6.45, 7) is 4.08. The zero-order valence-corrected chi connectivity index (χ0v) is 11.0. The maximum Gasteiger partial charge on any atom is 0.331 e. The third-order valence-electron chi connectivity index (χ3n) is 2.69. The largest absolute Gasteiger partial charge is 0.467 e. The van der Waals surface area contributed by atoms with E-state index in [-0.39, 0.29) is 12.6 Å². The minimum atomic E-state index is -0.371. The van der Waals surface area contributed by atoms with Crippen molar-refractivity contribution in [2.75, 3.05) is 53.2 Å². The van der Waals surface area contributed by atoms with Crippen molar-refractivity contribution in [1.82, 2.24) is 5.32 Å². The predicted octanol–water partition coefficient (Wildman–Crippen LogP) is -0.0388. The predicted molar refractivity (Wildman–Crippen MR) is 65.5 cm³/mol.